The number of urea groups is 1. The molecule has 5 rings (SSSR count). The largest absolute Gasteiger partial charge is 0.334 e. The van der Waals surface area contributed by atoms with Crippen LogP contribution in [0.2, 0.25) is 0 Å². The van der Waals surface area contributed by atoms with Gasteiger partial charge >= 0.3 is 6.03 Å². The highest BCUT2D eigenvalue weighted by atomic mass is 19.1. The molecule has 3 heterocycles. The maximum absolute atomic E-state index is 15.0. The van der Waals surface area contributed by atoms with Gasteiger partial charge in [-0.25, -0.2) is 9.18 Å². The summed E-state index contributed by atoms with van der Waals surface area (Å²) in [6.45, 7) is 11.5. The third-order valence-electron chi connectivity index (χ3n) is 9.39. The number of nitrogens with zero attached hydrogens (tertiary/aromatic N) is 3. The number of anilines is 1. The summed E-state index contributed by atoms with van der Waals surface area (Å²) in [4.78, 5) is 46.7. The SMILES string of the molecule is Cc1cccc(F)c1C(=O)N1CCC[C@H](C(=O)Nc2cccc(C(C)(C)C)c2)C1C1CCN(C(=O)N2CCCC2)CC1. The van der Waals surface area contributed by atoms with Gasteiger partial charge in [-0.2, -0.15) is 0 Å². The molecule has 226 valence electrons. The Morgan fingerprint density at radius 2 is 1.52 bits per heavy atom. The number of likely N-dealkylation sites (tertiary alicyclic amines) is 3. The summed E-state index contributed by atoms with van der Waals surface area (Å²) in [5, 5.41) is 3.16. The normalized spacial score (nSPS) is 21.9. The van der Waals surface area contributed by atoms with E-state index in [0.29, 0.717) is 50.9 Å². The van der Waals surface area contributed by atoms with Crippen LogP contribution in [0.15, 0.2) is 42.5 Å². The molecule has 1 N–H and O–H groups in total. The molecule has 42 heavy (non-hydrogen) atoms. The van der Waals surface area contributed by atoms with Crippen LogP contribution in [0, 0.1) is 24.6 Å². The summed E-state index contributed by atoms with van der Waals surface area (Å²) in [6.07, 6.45) is 4.82. The van der Waals surface area contributed by atoms with Crippen molar-refractivity contribution in [2.45, 2.75) is 77.7 Å². The molecule has 2 atom stereocenters. The van der Waals surface area contributed by atoms with E-state index in [4.69, 9.17) is 0 Å². The van der Waals surface area contributed by atoms with Gasteiger partial charge < -0.3 is 20.0 Å². The first-order valence-electron chi connectivity index (χ1n) is 15.6. The van der Waals surface area contributed by atoms with E-state index in [-0.39, 0.29) is 40.8 Å². The summed E-state index contributed by atoms with van der Waals surface area (Å²) in [7, 11) is 0. The topological polar surface area (TPSA) is 73.0 Å². The maximum atomic E-state index is 15.0. The Morgan fingerprint density at radius 1 is 0.857 bits per heavy atom. The molecule has 4 amide bonds. The molecule has 3 fully saturated rings. The minimum absolute atomic E-state index is 0.0283. The van der Waals surface area contributed by atoms with Gasteiger partial charge in [0.1, 0.15) is 5.82 Å². The predicted molar refractivity (Wildman–Crippen MR) is 163 cm³/mol. The van der Waals surface area contributed by atoms with E-state index in [0.717, 1.165) is 37.2 Å². The van der Waals surface area contributed by atoms with Crippen molar-refractivity contribution in [3.8, 4) is 0 Å². The number of amides is 4. The molecule has 7 nitrogen and oxygen atoms in total. The molecule has 2 aromatic carbocycles. The predicted octanol–water partition coefficient (Wildman–Crippen LogP) is 6.22. The average molecular weight is 577 g/mol. The monoisotopic (exact) mass is 576 g/mol. The number of hydrogen-bond donors (Lipinski definition) is 1. The molecule has 3 aliphatic rings. The van der Waals surface area contributed by atoms with Crippen molar-refractivity contribution >= 4 is 23.5 Å². The Balaban J connectivity index is 1.41. The fourth-order valence-corrected chi connectivity index (χ4v) is 7.01. The van der Waals surface area contributed by atoms with Crippen molar-refractivity contribution in [3.63, 3.8) is 0 Å². The number of benzene rings is 2. The summed E-state index contributed by atoms with van der Waals surface area (Å²) in [5.41, 5.74) is 2.49. The molecule has 0 saturated carbocycles. The fourth-order valence-electron chi connectivity index (χ4n) is 7.01. The van der Waals surface area contributed by atoms with Crippen LogP contribution in [0.3, 0.4) is 0 Å². The van der Waals surface area contributed by atoms with Gasteiger partial charge in [0.05, 0.1) is 11.5 Å². The van der Waals surface area contributed by atoms with Crippen molar-refractivity contribution in [3.05, 3.63) is 65.0 Å². The van der Waals surface area contributed by atoms with Crippen molar-refractivity contribution in [2.75, 3.05) is 38.0 Å². The van der Waals surface area contributed by atoms with Crippen LogP contribution >= 0.6 is 0 Å². The fraction of sp³-hybridized carbons (Fsp3) is 0.559. The molecular formula is C34H45FN4O3. The van der Waals surface area contributed by atoms with Gasteiger partial charge in [0.25, 0.3) is 5.91 Å². The van der Waals surface area contributed by atoms with Gasteiger partial charge in [-0.1, -0.05) is 45.0 Å². The number of nitrogens with one attached hydrogen (secondary N) is 1. The number of rotatable bonds is 4. The second-order valence-corrected chi connectivity index (χ2v) is 13.3. The minimum Gasteiger partial charge on any atom is -0.334 e. The third-order valence-corrected chi connectivity index (χ3v) is 9.39. The molecule has 0 spiro atoms. The Kier molecular flexibility index (Phi) is 8.90. The summed E-state index contributed by atoms with van der Waals surface area (Å²) < 4.78 is 15.0. The molecular weight excluding hydrogens is 531 g/mol. The second kappa shape index (κ2) is 12.4. The zero-order valence-electron chi connectivity index (χ0n) is 25.5. The van der Waals surface area contributed by atoms with Gasteiger partial charge in [-0.3, -0.25) is 9.59 Å². The number of aryl methyl sites for hydroxylation is 1. The molecule has 1 unspecified atom stereocenters. The van der Waals surface area contributed by atoms with Gasteiger partial charge in [-0.05, 0) is 86.1 Å². The van der Waals surface area contributed by atoms with Gasteiger partial charge in [-0.15, -0.1) is 0 Å². The quantitative estimate of drug-likeness (QED) is 0.470. The van der Waals surface area contributed by atoms with Gasteiger partial charge in [0, 0.05) is 44.5 Å². The van der Waals surface area contributed by atoms with Gasteiger partial charge in [0.2, 0.25) is 5.91 Å². The van der Waals surface area contributed by atoms with Crippen molar-refractivity contribution in [1.29, 1.82) is 0 Å². The van der Waals surface area contributed by atoms with Crippen LogP contribution in [0.5, 0.6) is 0 Å². The first-order valence-corrected chi connectivity index (χ1v) is 15.6. The lowest BCUT2D eigenvalue weighted by Gasteiger charge is -2.47. The van der Waals surface area contributed by atoms with E-state index < -0.39 is 11.7 Å². The zero-order chi connectivity index (χ0) is 30.0. The van der Waals surface area contributed by atoms with E-state index in [2.05, 4.69) is 32.2 Å². The first-order chi connectivity index (χ1) is 20.0. The highest BCUT2D eigenvalue weighted by Crippen LogP contribution is 2.37. The van der Waals surface area contributed by atoms with Crippen LogP contribution in [-0.2, 0) is 10.2 Å². The lowest BCUT2D eigenvalue weighted by Crippen LogP contribution is -2.57. The Hall–Kier alpha value is -3.42. The standard InChI is InChI=1S/C34H45FN4O3/c1-23-10-7-14-28(35)29(23)32(41)39-19-9-13-27(31(40)36-26-12-8-11-25(22-26)34(2,3)4)30(39)24-15-20-38(21-16-24)33(42)37-17-5-6-18-37/h7-8,10-12,14,22,24,27,30H,5-6,9,13,15-21H2,1-4H3,(H,36,40)/t27-,30?/m0/s1. The van der Waals surface area contributed by atoms with E-state index in [1.165, 1.54) is 6.07 Å². The minimum atomic E-state index is -0.532. The van der Waals surface area contributed by atoms with E-state index >= 15 is 4.39 Å². The zero-order valence-corrected chi connectivity index (χ0v) is 25.5. The molecule has 3 aliphatic heterocycles. The van der Waals surface area contributed by atoms with Crippen LogP contribution in [0.25, 0.3) is 0 Å². The highest BCUT2D eigenvalue weighted by molar-refractivity contribution is 5.98. The van der Waals surface area contributed by atoms with Crippen molar-refractivity contribution in [1.82, 2.24) is 14.7 Å². The number of piperidine rings is 2. The molecule has 0 bridgehead atoms. The second-order valence-electron chi connectivity index (χ2n) is 13.3. The Labute approximate surface area is 249 Å². The van der Waals surface area contributed by atoms with E-state index in [1.54, 1.807) is 24.0 Å². The van der Waals surface area contributed by atoms with Crippen molar-refractivity contribution in [2.24, 2.45) is 11.8 Å². The number of halogens is 1. The maximum Gasteiger partial charge on any atom is 0.319 e. The molecule has 3 saturated heterocycles. The summed E-state index contributed by atoms with van der Waals surface area (Å²) in [6, 6.07) is 12.4. The van der Waals surface area contributed by atoms with Crippen LogP contribution in [-0.4, -0.2) is 71.3 Å². The van der Waals surface area contributed by atoms with Crippen LogP contribution in [0.1, 0.15) is 80.8 Å². The number of hydrogen-bond acceptors (Lipinski definition) is 3. The van der Waals surface area contributed by atoms with Gasteiger partial charge in [0.15, 0.2) is 0 Å². The van der Waals surface area contributed by atoms with Crippen LogP contribution in [0.4, 0.5) is 14.9 Å². The van der Waals surface area contributed by atoms with Crippen molar-refractivity contribution < 1.29 is 18.8 Å². The molecule has 8 heteroatoms. The Morgan fingerprint density at radius 3 is 2.19 bits per heavy atom. The Bertz CT molecular complexity index is 1290. The van der Waals surface area contributed by atoms with Crippen LogP contribution < -0.4 is 5.32 Å². The smallest absolute Gasteiger partial charge is 0.319 e. The highest BCUT2D eigenvalue weighted by Gasteiger charge is 2.45. The molecule has 0 aromatic heterocycles. The first kappa shape index (κ1) is 30.1. The molecule has 2 aromatic rings. The van der Waals surface area contributed by atoms with E-state index in [9.17, 15) is 14.4 Å². The molecule has 0 radical (unpaired) electrons. The van der Waals surface area contributed by atoms with E-state index in [1.807, 2.05) is 28.0 Å². The third kappa shape index (κ3) is 6.32. The number of carbonyl (C=O) groups excluding carboxylic acids is 3. The molecule has 0 aliphatic carbocycles. The lowest BCUT2D eigenvalue weighted by molar-refractivity contribution is -0.124. The summed E-state index contributed by atoms with van der Waals surface area (Å²) >= 11 is 0. The average Bonchev–Trinajstić information content (AvgIpc) is 3.51. The summed E-state index contributed by atoms with van der Waals surface area (Å²) in [5.74, 6) is -1.39. The lowest BCUT2D eigenvalue weighted by atomic mass is 9.76. The number of carbonyl (C=O) groups is 3.